The number of carbonyl (C=O) groups is 1. The van der Waals surface area contributed by atoms with E-state index in [0.29, 0.717) is 0 Å². The number of unbranched alkanes of at least 4 members (excludes halogenated alkanes) is 7. The molecule has 0 amide bonds. The van der Waals surface area contributed by atoms with E-state index in [-0.39, 0.29) is 22.7 Å². The van der Waals surface area contributed by atoms with Gasteiger partial charge in [0.1, 0.15) is 12.0 Å². The molecule has 0 saturated heterocycles. The molecule has 0 heterocycles. The topological polar surface area (TPSA) is 26.3 Å². The van der Waals surface area contributed by atoms with Crippen molar-refractivity contribution in [1.82, 2.24) is 0 Å². The van der Waals surface area contributed by atoms with Crippen molar-refractivity contribution in [3.05, 3.63) is 0 Å². The third-order valence-corrected chi connectivity index (χ3v) is 5.11. The van der Waals surface area contributed by atoms with E-state index in [9.17, 15) is 4.79 Å². The second-order valence-electron chi connectivity index (χ2n) is 6.93. The zero-order valence-corrected chi connectivity index (χ0v) is 16.5. The van der Waals surface area contributed by atoms with Crippen molar-refractivity contribution in [2.45, 2.75) is 96.3 Å². The molecule has 22 heavy (non-hydrogen) atoms. The summed E-state index contributed by atoms with van der Waals surface area (Å²) >= 11 is 7.40. The van der Waals surface area contributed by atoms with E-state index in [1.165, 1.54) is 44.9 Å². The van der Waals surface area contributed by atoms with Gasteiger partial charge < -0.3 is 4.74 Å². The number of hydrogen-bond acceptors (Lipinski definition) is 3. The van der Waals surface area contributed by atoms with Crippen LogP contribution in [0.2, 0.25) is 0 Å². The Morgan fingerprint density at radius 1 is 1.05 bits per heavy atom. The lowest BCUT2D eigenvalue weighted by Crippen LogP contribution is -2.24. The van der Waals surface area contributed by atoms with Gasteiger partial charge in [0.2, 0.25) is 0 Å². The van der Waals surface area contributed by atoms with Crippen molar-refractivity contribution in [1.29, 1.82) is 0 Å². The predicted molar refractivity (Wildman–Crippen MR) is 100 cm³/mol. The normalized spacial score (nSPS) is 13.1. The summed E-state index contributed by atoms with van der Waals surface area (Å²) in [6.07, 6.45) is 11.4. The molecule has 0 aromatic heterocycles. The maximum atomic E-state index is 11.4. The smallest absolute Gasteiger partial charge is 0.321 e. The van der Waals surface area contributed by atoms with Crippen LogP contribution < -0.4 is 0 Å². The molecule has 0 spiro atoms. The first-order chi connectivity index (χ1) is 10.4. The van der Waals surface area contributed by atoms with Crippen LogP contribution in [0.25, 0.3) is 0 Å². The van der Waals surface area contributed by atoms with Gasteiger partial charge in [0, 0.05) is 10.5 Å². The van der Waals surface area contributed by atoms with Gasteiger partial charge in [-0.15, -0.1) is 11.6 Å². The molecular weight excluding hydrogens is 316 g/mol. The Labute approximate surface area is 147 Å². The van der Waals surface area contributed by atoms with Crippen LogP contribution in [0.3, 0.4) is 0 Å². The van der Waals surface area contributed by atoms with Crippen molar-refractivity contribution in [2.75, 3.05) is 11.6 Å². The predicted octanol–water partition coefficient (Wildman–Crippen LogP) is 6.20. The molecule has 0 bridgehead atoms. The van der Waals surface area contributed by atoms with Gasteiger partial charge in [-0.3, -0.25) is 4.79 Å². The third-order valence-electron chi connectivity index (χ3n) is 3.49. The Bertz CT molecular complexity index is 277. The maximum absolute atomic E-state index is 11.4. The second-order valence-corrected chi connectivity index (χ2v) is 9.05. The highest BCUT2D eigenvalue weighted by atomic mass is 35.5. The highest BCUT2D eigenvalue weighted by molar-refractivity contribution is 8.00. The molecule has 0 aromatic rings. The summed E-state index contributed by atoms with van der Waals surface area (Å²) in [5.41, 5.74) is 0. The van der Waals surface area contributed by atoms with Gasteiger partial charge in [-0.2, -0.15) is 11.8 Å². The maximum Gasteiger partial charge on any atom is 0.321 e. The average Bonchev–Trinajstić information content (AvgIpc) is 2.46. The zero-order valence-electron chi connectivity index (χ0n) is 15.0. The van der Waals surface area contributed by atoms with Gasteiger partial charge >= 0.3 is 5.97 Å². The molecular formula is C18H35ClO2S. The first-order valence-electron chi connectivity index (χ1n) is 8.78. The van der Waals surface area contributed by atoms with Crippen molar-refractivity contribution < 1.29 is 9.53 Å². The van der Waals surface area contributed by atoms with E-state index in [0.717, 1.165) is 18.6 Å². The minimum Gasteiger partial charge on any atom is -0.461 e. The van der Waals surface area contributed by atoms with Gasteiger partial charge in [-0.05, 0) is 12.8 Å². The molecule has 1 unspecified atom stereocenters. The number of rotatable bonds is 13. The minimum absolute atomic E-state index is 0.00978. The van der Waals surface area contributed by atoms with Gasteiger partial charge in [0.25, 0.3) is 0 Å². The lowest BCUT2D eigenvalue weighted by atomic mass is 10.1. The van der Waals surface area contributed by atoms with Gasteiger partial charge in [-0.1, -0.05) is 72.6 Å². The Morgan fingerprint density at radius 3 is 2.09 bits per heavy atom. The first-order valence-corrected chi connectivity index (χ1v) is 10.3. The Balaban J connectivity index is 3.85. The molecule has 0 aliphatic rings. The van der Waals surface area contributed by atoms with Crippen molar-refractivity contribution in [3.8, 4) is 0 Å². The zero-order chi connectivity index (χ0) is 16.8. The molecule has 0 radical (unpaired) electrons. The quantitative estimate of drug-likeness (QED) is 0.225. The number of alkyl halides is 1. The van der Waals surface area contributed by atoms with Crippen LogP contribution >= 0.6 is 23.4 Å². The van der Waals surface area contributed by atoms with Crippen LogP contribution in [0.5, 0.6) is 0 Å². The summed E-state index contributed by atoms with van der Waals surface area (Å²) in [5.74, 6) is 0.525. The van der Waals surface area contributed by atoms with Crippen LogP contribution in [0.15, 0.2) is 0 Å². The van der Waals surface area contributed by atoms with Crippen molar-refractivity contribution in [3.63, 3.8) is 0 Å². The SMILES string of the molecule is CCCCCCCCCCC(CSC(C)(C)C)OC(=O)CCl. The molecule has 4 heteroatoms. The molecule has 132 valence electrons. The van der Waals surface area contributed by atoms with Crippen LogP contribution in [-0.2, 0) is 9.53 Å². The summed E-state index contributed by atoms with van der Waals surface area (Å²) < 4.78 is 5.66. The summed E-state index contributed by atoms with van der Waals surface area (Å²) in [7, 11) is 0. The van der Waals surface area contributed by atoms with E-state index >= 15 is 0 Å². The summed E-state index contributed by atoms with van der Waals surface area (Å²) in [6, 6.07) is 0. The van der Waals surface area contributed by atoms with Crippen LogP contribution in [-0.4, -0.2) is 28.5 Å². The number of thioether (sulfide) groups is 1. The monoisotopic (exact) mass is 350 g/mol. The van der Waals surface area contributed by atoms with Gasteiger partial charge in [0.15, 0.2) is 0 Å². The Kier molecular flexibility index (Phi) is 13.6. The van der Waals surface area contributed by atoms with E-state index < -0.39 is 0 Å². The molecule has 0 fully saturated rings. The van der Waals surface area contributed by atoms with E-state index in [4.69, 9.17) is 16.3 Å². The fraction of sp³-hybridized carbons (Fsp3) is 0.944. The molecule has 0 aliphatic carbocycles. The summed E-state index contributed by atoms with van der Waals surface area (Å²) in [4.78, 5) is 11.4. The van der Waals surface area contributed by atoms with E-state index in [1.54, 1.807) is 0 Å². The standard InChI is InChI=1S/C18H35ClO2S/c1-5-6-7-8-9-10-11-12-13-16(21-17(20)14-19)15-22-18(2,3)4/h16H,5-15H2,1-4H3. The highest BCUT2D eigenvalue weighted by Crippen LogP contribution is 2.26. The fourth-order valence-electron chi connectivity index (χ4n) is 2.24. The number of carbonyl (C=O) groups excluding carboxylic acids is 1. The molecule has 0 N–H and O–H groups in total. The van der Waals surface area contributed by atoms with Gasteiger partial charge in [0.05, 0.1) is 0 Å². The van der Waals surface area contributed by atoms with Crippen molar-refractivity contribution >= 4 is 29.3 Å². The van der Waals surface area contributed by atoms with Crippen LogP contribution in [0.4, 0.5) is 0 Å². The number of hydrogen-bond donors (Lipinski definition) is 0. The van der Waals surface area contributed by atoms with E-state index in [2.05, 4.69) is 27.7 Å². The second kappa shape index (κ2) is 13.5. The molecule has 2 nitrogen and oxygen atoms in total. The minimum atomic E-state index is -0.291. The molecule has 0 saturated carbocycles. The molecule has 1 atom stereocenters. The molecule has 0 aromatic carbocycles. The molecule has 0 rings (SSSR count). The summed E-state index contributed by atoms with van der Waals surface area (Å²) in [5, 5.41) is 0. The van der Waals surface area contributed by atoms with Crippen LogP contribution in [0.1, 0.15) is 85.5 Å². The lowest BCUT2D eigenvalue weighted by Gasteiger charge is -2.23. The van der Waals surface area contributed by atoms with Crippen molar-refractivity contribution in [2.24, 2.45) is 0 Å². The largest absolute Gasteiger partial charge is 0.461 e. The number of halogens is 1. The summed E-state index contributed by atoms with van der Waals surface area (Å²) in [6.45, 7) is 8.81. The molecule has 0 aliphatic heterocycles. The average molecular weight is 351 g/mol. The Hall–Kier alpha value is 0.110. The lowest BCUT2D eigenvalue weighted by molar-refractivity contribution is -0.145. The van der Waals surface area contributed by atoms with E-state index in [1.807, 2.05) is 11.8 Å². The first kappa shape index (κ1) is 22.1. The highest BCUT2D eigenvalue weighted by Gasteiger charge is 2.18. The van der Waals surface area contributed by atoms with Crippen LogP contribution in [0, 0.1) is 0 Å². The fourth-order valence-corrected chi connectivity index (χ4v) is 3.23. The third kappa shape index (κ3) is 15.0. The Morgan fingerprint density at radius 2 is 1.59 bits per heavy atom. The number of esters is 1. The number of ether oxygens (including phenoxy) is 1. The van der Waals surface area contributed by atoms with Gasteiger partial charge in [-0.25, -0.2) is 0 Å².